The molecule has 0 unspecified atom stereocenters. The molecule has 2 N–H and O–H groups in total. The molecule has 1 aliphatic rings. The van der Waals surface area contributed by atoms with Crippen LogP contribution in [0.2, 0.25) is 0 Å². The van der Waals surface area contributed by atoms with Crippen LogP contribution in [0.4, 0.5) is 4.39 Å². The minimum Gasteiger partial charge on any atom is -0.369 e. The second-order valence-electron chi connectivity index (χ2n) is 5.55. The van der Waals surface area contributed by atoms with E-state index in [1.54, 1.807) is 4.90 Å². The van der Waals surface area contributed by atoms with Gasteiger partial charge in [0.05, 0.1) is 11.6 Å². The number of likely N-dealkylation sites (tertiary alicyclic amines) is 1. The fraction of sp³-hybridized carbons (Fsp3) is 0.533. The molecule has 2 amide bonds. The van der Waals surface area contributed by atoms with Gasteiger partial charge in [0, 0.05) is 13.1 Å². The predicted molar refractivity (Wildman–Crippen MR) is 75.9 cm³/mol. The molecule has 114 valence electrons. The van der Waals surface area contributed by atoms with Crippen LogP contribution in [-0.2, 0) is 4.79 Å². The summed E-state index contributed by atoms with van der Waals surface area (Å²) < 4.78 is 12.8. The minimum absolute atomic E-state index is 0.221. The van der Waals surface area contributed by atoms with Crippen molar-refractivity contribution < 1.29 is 14.0 Å². The van der Waals surface area contributed by atoms with E-state index in [0.717, 1.165) is 19.0 Å². The van der Waals surface area contributed by atoms with Crippen LogP contribution in [0.5, 0.6) is 0 Å². The van der Waals surface area contributed by atoms with E-state index in [-0.39, 0.29) is 17.5 Å². The Balaban J connectivity index is 2.04. The first-order valence-corrected chi connectivity index (χ1v) is 7.19. The van der Waals surface area contributed by atoms with Gasteiger partial charge in [0.25, 0.3) is 5.91 Å². The highest BCUT2D eigenvalue weighted by atomic mass is 19.1. The first-order chi connectivity index (χ1) is 9.98. The van der Waals surface area contributed by atoms with Gasteiger partial charge in [-0.2, -0.15) is 0 Å². The van der Waals surface area contributed by atoms with Crippen molar-refractivity contribution in [1.29, 1.82) is 0 Å². The van der Waals surface area contributed by atoms with Crippen LogP contribution >= 0.6 is 0 Å². The van der Waals surface area contributed by atoms with Crippen molar-refractivity contribution in [2.75, 3.05) is 13.1 Å². The van der Waals surface area contributed by atoms with Gasteiger partial charge in [0.1, 0.15) is 11.5 Å². The molecule has 0 aromatic carbocycles. The van der Waals surface area contributed by atoms with E-state index < -0.39 is 11.2 Å². The summed E-state index contributed by atoms with van der Waals surface area (Å²) in [6.07, 6.45) is 3.81. The van der Waals surface area contributed by atoms with Crippen molar-refractivity contribution in [3.05, 3.63) is 29.8 Å². The van der Waals surface area contributed by atoms with Crippen LogP contribution < -0.4 is 5.73 Å². The van der Waals surface area contributed by atoms with Gasteiger partial charge in [-0.05, 0) is 31.4 Å². The lowest BCUT2D eigenvalue weighted by atomic mass is 9.74. The summed E-state index contributed by atoms with van der Waals surface area (Å²) in [6, 6.07) is 2.59. The van der Waals surface area contributed by atoms with Gasteiger partial charge in [-0.15, -0.1) is 0 Å². The molecule has 1 saturated heterocycles. The van der Waals surface area contributed by atoms with E-state index in [0.29, 0.717) is 25.9 Å². The molecule has 6 heteroatoms. The number of carbonyl (C=O) groups excluding carboxylic acids is 2. The molecule has 0 spiro atoms. The van der Waals surface area contributed by atoms with E-state index >= 15 is 0 Å². The Hall–Kier alpha value is -1.98. The van der Waals surface area contributed by atoms with Crippen molar-refractivity contribution >= 4 is 11.8 Å². The Kier molecular flexibility index (Phi) is 4.55. The van der Waals surface area contributed by atoms with Crippen LogP contribution in [0.15, 0.2) is 18.3 Å². The first kappa shape index (κ1) is 15.4. The van der Waals surface area contributed by atoms with E-state index in [9.17, 15) is 14.0 Å². The summed E-state index contributed by atoms with van der Waals surface area (Å²) in [7, 11) is 0. The summed E-state index contributed by atoms with van der Waals surface area (Å²) in [5, 5.41) is 0. The molecule has 21 heavy (non-hydrogen) atoms. The molecule has 1 fully saturated rings. The summed E-state index contributed by atoms with van der Waals surface area (Å²) >= 11 is 0. The molecule has 0 radical (unpaired) electrons. The van der Waals surface area contributed by atoms with Crippen molar-refractivity contribution in [3.63, 3.8) is 0 Å². The Labute approximate surface area is 123 Å². The summed E-state index contributed by atoms with van der Waals surface area (Å²) in [4.78, 5) is 29.4. The second-order valence-corrected chi connectivity index (χ2v) is 5.55. The van der Waals surface area contributed by atoms with Gasteiger partial charge in [-0.25, -0.2) is 9.37 Å². The molecular weight excluding hydrogens is 273 g/mol. The van der Waals surface area contributed by atoms with Crippen LogP contribution in [0, 0.1) is 11.2 Å². The van der Waals surface area contributed by atoms with Crippen LogP contribution in [-0.4, -0.2) is 34.8 Å². The number of piperidine rings is 1. The quantitative estimate of drug-likeness (QED) is 0.918. The van der Waals surface area contributed by atoms with Gasteiger partial charge >= 0.3 is 0 Å². The highest BCUT2D eigenvalue weighted by Crippen LogP contribution is 2.36. The first-order valence-electron chi connectivity index (χ1n) is 7.19. The van der Waals surface area contributed by atoms with Crippen LogP contribution in [0.3, 0.4) is 0 Å². The fourth-order valence-electron chi connectivity index (χ4n) is 2.90. The molecule has 0 aliphatic carbocycles. The number of carbonyl (C=O) groups is 2. The molecular formula is C15H20FN3O2. The Morgan fingerprint density at radius 1 is 1.38 bits per heavy atom. The zero-order valence-electron chi connectivity index (χ0n) is 12.1. The van der Waals surface area contributed by atoms with Gasteiger partial charge in [0.15, 0.2) is 0 Å². The van der Waals surface area contributed by atoms with Gasteiger partial charge in [-0.1, -0.05) is 13.3 Å². The molecule has 1 aromatic heterocycles. The van der Waals surface area contributed by atoms with E-state index in [4.69, 9.17) is 5.73 Å². The number of hydrogen-bond acceptors (Lipinski definition) is 3. The third-order valence-electron chi connectivity index (χ3n) is 4.21. The fourth-order valence-corrected chi connectivity index (χ4v) is 2.90. The van der Waals surface area contributed by atoms with Crippen molar-refractivity contribution in [2.24, 2.45) is 11.1 Å². The largest absolute Gasteiger partial charge is 0.369 e. The van der Waals surface area contributed by atoms with E-state index in [1.807, 2.05) is 6.92 Å². The summed E-state index contributed by atoms with van der Waals surface area (Å²) in [5.41, 5.74) is 5.26. The Morgan fingerprint density at radius 3 is 2.52 bits per heavy atom. The van der Waals surface area contributed by atoms with Crippen molar-refractivity contribution in [2.45, 2.75) is 32.6 Å². The number of pyridine rings is 1. The maximum Gasteiger partial charge on any atom is 0.272 e. The number of nitrogens with zero attached hydrogens (tertiary/aromatic N) is 2. The molecule has 0 bridgehead atoms. The number of nitrogens with two attached hydrogens (primary N) is 1. The molecule has 0 atom stereocenters. The van der Waals surface area contributed by atoms with Crippen LogP contribution in [0.25, 0.3) is 0 Å². The van der Waals surface area contributed by atoms with Crippen LogP contribution in [0.1, 0.15) is 43.1 Å². The molecule has 2 rings (SSSR count). The topological polar surface area (TPSA) is 76.3 Å². The molecule has 1 aliphatic heterocycles. The monoisotopic (exact) mass is 293 g/mol. The predicted octanol–water partition coefficient (Wildman–Crippen LogP) is 1.73. The number of aromatic nitrogens is 1. The standard InChI is InChI=1S/C15H20FN3O2/c1-2-5-15(14(17)21)6-8-19(9-7-15)13(20)12-4-3-11(16)10-18-12/h3-4,10H,2,5-9H2,1H3,(H2,17,21). The SMILES string of the molecule is CCCC1(C(N)=O)CCN(C(=O)c2ccc(F)cn2)CC1. The lowest BCUT2D eigenvalue weighted by Crippen LogP contribution is -2.48. The normalized spacial score (nSPS) is 17.5. The molecule has 2 heterocycles. The smallest absolute Gasteiger partial charge is 0.272 e. The van der Waals surface area contributed by atoms with E-state index in [2.05, 4.69) is 4.98 Å². The highest BCUT2D eigenvalue weighted by molar-refractivity contribution is 5.92. The number of hydrogen-bond donors (Lipinski definition) is 1. The summed E-state index contributed by atoms with van der Waals surface area (Å²) in [6.45, 7) is 2.96. The maximum atomic E-state index is 12.8. The van der Waals surface area contributed by atoms with Crippen molar-refractivity contribution in [3.8, 4) is 0 Å². The third-order valence-corrected chi connectivity index (χ3v) is 4.21. The Morgan fingerprint density at radius 2 is 2.05 bits per heavy atom. The second kappa shape index (κ2) is 6.20. The van der Waals surface area contributed by atoms with Crippen molar-refractivity contribution in [1.82, 2.24) is 9.88 Å². The highest BCUT2D eigenvalue weighted by Gasteiger charge is 2.40. The lowest BCUT2D eigenvalue weighted by molar-refractivity contribution is -0.130. The number of amides is 2. The zero-order chi connectivity index (χ0) is 15.5. The molecule has 1 aromatic rings. The average Bonchev–Trinajstić information content (AvgIpc) is 2.48. The average molecular weight is 293 g/mol. The van der Waals surface area contributed by atoms with Gasteiger partial charge in [-0.3, -0.25) is 9.59 Å². The third kappa shape index (κ3) is 3.20. The number of halogens is 1. The molecule has 5 nitrogen and oxygen atoms in total. The zero-order valence-corrected chi connectivity index (χ0v) is 12.1. The molecule has 0 saturated carbocycles. The minimum atomic E-state index is -0.498. The van der Waals surface area contributed by atoms with Gasteiger partial charge in [0.2, 0.25) is 5.91 Å². The van der Waals surface area contributed by atoms with Gasteiger partial charge < -0.3 is 10.6 Å². The number of primary amides is 1. The van der Waals surface area contributed by atoms with E-state index in [1.165, 1.54) is 12.1 Å². The summed E-state index contributed by atoms with van der Waals surface area (Å²) in [5.74, 6) is -0.984. The Bertz CT molecular complexity index is 522. The maximum absolute atomic E-state index is 12.8. The lowest BCUT2D eigenvalue weighted by Gasteiger charge is -2.39. The number of rotatable bonds is 4.